The minimum atomic E-state index is -1.25. The zero-order chi connectivity index (χ0) is 19.1. The number of halogens is 1. The van der Waals surface area contributed by atoms with Gasteiger partial charge in [0.05, 0.1) is 26.4 Å². The average molecular weight is 380 g/mol. The smallest absolute Gasteiger partial charge is 0.253 e. The molecule has 0 saturated carbocycles. The van der Waals surface area contributed by atoms with Crippen molar-refractivity contribution in [3.63, 3.8) is 0 Å². The van der Waals surface area contributed by atoms with Crippen molar-refractivity contribution < 1.29 is 24.1 Å². The number of hydrogen-bond donors (Lipinski definition) is 2. The number of nitrogens with one attached hydrogen (secondary N) is 1. The van der Waals surface area contributed by atoms with Crippen LogP contribution in [0.5, 0.6) is 17.2 Å². The quantitative estimate of drug-likeness (QED) is 0.737. The van der Waals surface area contributed by atoms with Crippen LogP contribution in [0.4, 0.5) is 0 Å². The van der Waals surface area contributed by atoms with Crippen molar-refractivity contribution in [2.75, 3.05) is 27.9 Å². The van der Waals surface area contributed by atoms with Gasteiger partial charge in [-0.05, 0) is 35.7 Å². The molecule has 0 bridgehead atoms. The van der Waals surface area contributed by atoms with E-state index in [1.807, 2.05) is 6.07 Å². The van der Waals surface area contributed by atoms with E-state index < -0.39 is 12.0 Å². The normalized spacial score (nSPS) is 11.6. The summed E-state index contributed by atoms with van der Waals surface area (Å²) in [5, 5.41) is 13.3. The molecule has 140 valence electrons. The van der Waals surface area contributed by atoms with E-state index in [1.165, 1.54) is 14.2 Å². The molecule has 7 heteroatoms. The molecule has 0 saturated heterocycles. The monoisotopic (exact) mass is 379 g/mol. The molecule has 2 aromatic rings. The van der Waals surface area contributed by atoms with Crippen molar-refractivity contribution in [1.82, 2.24) is 5.32 Å². The highest BCUT2D eigenvalue weighted by Gasteiger charge is 2.18. The first kappa shape index (κ1) is 19.9. The number of rotatable bonds is 8. The second kappa shape index (κ2) is 9.31. The molecule has 0 aliphatic carbocycles. The van der Waals surface area contributed by atoms with Crippen LogP contribution in [0, 0.1) is 0 Å². The standard InChI is InChI=1S/C19H22ClNO5/c1-24-14-7-4-13(5-8-14)17(22)19(23)21-11-10-12-6-9-15(25-2)18(26-3)16(12)20/h4-9,17,22H,10-11H2,1-3H3,(H,21,23)/t17-/m1/s1. The van der Waals surface area contributed by atoms with Gasteiger partial charge in [0, 0.05) is 6.54 Å². The van der Waals surface area contributed by atoms with Gasteiger partial charge in [0.15, 0.2) is 17.6 Å². The van der Waals surface area contributed by atoms with E-state index in [0.29, 0.717) is 40.8 Å². The molecular formula is C19H22ClNO5. The maximum atomic E-state index is 12.1. The lowest BCUT2D eigenvalue weighted by Crippen LogP contribution is -2.31. The van der Waals surface area contributed by atoms with Gasteiger partial charge in [-0.3, -0.25) is 4.79 Å². The number of methoxy groups -OCH3 is 3. The van der Waals surface area contributed by atoms with Crippen LogP contribution in [0.1, 0.15) is 17.2 Å². The Bertz CT molecular complexity index is 748. The molecule has 1 atom stereocenters. The SMILES string of the molecule is COc1ccc([C@@H](O)C(=O)NCCc2ccc(OC)c(OC)c2Cl)cc1. The van der Waals surface area contributed by atoms with Crippen LogP contribution in [0.3, 0.4) is 0 Å². The van der Waals surface area contributed by atoms with Crippen molar-refractivity contribution in [2.45, 2.75) is 12.5 Å². The number of amides is 1. The lowest BCUT2D eigenvalue weighted by molar-refractivity contribution is -0.129. The molecule has 0 aliphatic heterocycles. The zero-order valence-electron chi connectivity index (χ0n) is 14.9. The predicted octanol–water partition coefficient (Wildman–Crippen LogP) is 2.76. The summed E-state index contributed by atoms with van der Waals surface area (Å²) in [7, 11) is 4.60. The van der Waals surface area contributed by atoms with Gasteiger partial charge in [0.2, 0.25) is 0 Å². The number of carbonyl (C=O) groups excluding carboxylic acids is 1. The van der Waals surface area contributed by atoms with Gasteiger partial charge in [-0.2, -0.15) is 0 Å². The van der Waals surface area contributed by atoms with Gasteiger partial charge in [0.1, 0.15) is 5.75 Å². The highest BCUT2D eigenvalue weighted by atomic mass is 35.5. The third-order valence-electron chi connectivity index (χ3n) is 3.94. The molecule has 0 spiro atoms. The van der Waals surface area contributed by atoms with Crippen LogP contribution >= 0.6 is 11.6 Å². The summed E-state index contributed by atoms with van der Waals surface area (Å²) in [6, 6.07) is 10.2. The molecule has 0 radical (unpaired) electrons. The Morgan fingerprint density at radius 1 is 1.08 bits per heavy atom. The molecule has 2 rings (SSSR count). The number of carbonyl (C=O) groups is 1. The van der Waals surface area contributed by atoms with Crippen molar-refractivity contribution in [3.05, 3.63) is 52.5 Å². The Balaban J connectivity index is 1.95. The average Bonchev–Trinajstić information content (AvgIpc) is 2.68. The van der Waals surface area contributed by atoms with Gasteiger partial charge in [-0.15, -0.1) is 0 Å². The van der Waals surface area contributed by atoms with Crippen LogP contribution < -0.4 is 19.5 Å². The van der Waals surface area contributed by atoms with Crippen LogP contribution in [-0.2, 0) is 11.2 Å². The summed E-state index contributed by atoms with van der Waals surface area (Å²) in [5.41, 5.74) is 1.30. The molecule has 2 N–H and O–H groups in total. The zero-order valence-corrected chi connectivity index (χ0v) is 15.7. The second-order valence-corrected chi connectivity index (χ2v) is 5.87. The fraction of sp³-hybridized carbons (Fsp3) is 0.316. The van der Waals surface area contributed by atoms with Gasteiger partial charge >= 0.3 is 0 Å². The highest BCUT2D eigenvalue weighted by molar-refractivity contribution is 6.33. The molecule has 0 unspecified atom stereocenters. The number of ether oxygens (including phenoxy) is 3. The molecule has 0 aromatic heterocycles. The molecule has 1 amide bonds. The van der Waals surface area contributed by atoms with E-state index in [4.69, 9.17) is 25.8 Å². The minimum absolute atomic E-state index is 0.321. The number of aliphatic hydroxyl groups excluding tert-OH is 1. The Kier molecular flexibility index (Phi) is 7.12. The van der Waals surface area contributed by atoms with Crippen molar-refractivity contribution in [3.8, 4) is 17.2 Å². The first-order chi connectivity index (χ1) is 12.5. The topological polar surface area (TPSA) is 77.0 Å². The van der Waals surface area contributed by atoms with E-state index in [2.05, 4.69) is 5.32 Å². The van der Waals surface area contributed by atoms with Gasteiger partial charge in [-0.1, -0.05) is 29.8 Å². The number of benzene rings is 2. The molecule has 0 heterocycles. The van der Waals surface area contributed by atoms with E-state index in [9.17, 15) is 9.90 Å². The maximum absolute atomic E-state index is 12.1. The highest BCUT2D eigenvalue weighted by Crippen LogP contribution is 2.37. The Morgan fingerprint density at radius 2 is 1.77 bits per heavy atom. The maximum Gasteiger partial charge on any atom is 0.253 e. The van der Waals surface area contributed by atoms with Gasteiger partial charge in [-0.25, -0.2) is 0 Å². The number of hydrogen-bond acceptors (Lipinski definition) is 5. The van der Waals surface area contributed by atoms with Crippen LogP contribution in [0.15, 0.2) is 36.4 Å². The Morgan fingerprint density at radius 3 is 2.35 bits per heavy atom. The van der Waals surface area contributed by atoms with Crippen LogP contribution in [-0.4, -0.2) is 38.9 Å². The summed E-state index contributed by atoms with van der Waals surface area (Å²) in [4.78, 5) is 12.1. The largest absolute Gasteiger partial charge is 0.497 e. The summed E-state index contributed by atoms with van der Waals surface area (Å²) >= 11 is 6.32. The second-order valence-electron chi connectivity index (χ2n) is 5.49. The fourth-order valence-electron chi connectivity index (χ4n) is 2.48. The van der Waals surface area contributed by atoms with Crippen molar-refractivity contribution in [2.24, 2.45) is 0 Å². The van der Waals surface area contributed by atoms with E-state index in [1.54, 1.807) is 37.4 Å². The van der Waals surface area contributed by atoms with E-state index >= 15 is 0 Å². The number of aliphatic hydroxyl groups is 1. The third kappa shape index (κ3) is 4.59. The third-order valence-corrected chi connectivity index (χ3v) is 4.35. The molecule has 0 fully saturated rings. The van der Waals surface area contributed by atoms with Gasteiger partial charge < -0.3 is 24.6 Å². The van der Waals surface area contributed by atoms with Gasteiger partial charge in [0.25, 0.3) is 5.91 Å². The molecular weight excluding hydrogens is 358 g/mol. The lowest BCUT2D eigenvalue weighted by atomic mass is 10.1. The minimum Gasteiger partial charge on any atom is -0.497 e. The van der Waals surface area contributed by atoms with E-state index in [0.717, 1.165) is 5.56 Å². The van der Waals surface area contributed by atoms with E-state index in [-0.39, 0.29) is 0 Å². The van der Waals surface area contributed by atoms with Crippen LogP contribution in [0.2, 0.25) is 5.02 Å². The molecule has 6 nitrogen and oxygen atoms in total. The summed E-state index contributed by atoms with van der Waals surface area (Å²) in [5.74, 6) is 1.17. The first-order valence-electron chi connectivity index (χ1n) is 8.00. The summed E-state index contributed by atoms with van der Waals surface area (Å²) in [6.07, 6.45) is -0.762. The predicted molar refractivity (Wildman–Crippen MR) is 99.2 cm³/mol. The van der Waals surface area contributed by atoms with Crippen LogP contribution in [0.25, 0.3) is 0 Å². The first-order valence-corrected chi connectivity index (χ1v) is 8.38. The molecule has 26 heavy (non-hydrogen) atoms. The molecule has 0 aliphatic rings. The van der Waals surface area contributed by atoms with Crippen molar-refractivity contribution in [1.29, 1.82) is 0 Å². The Labute approximate surface area is 157 Å². The summed E-state index contributed by atoms with van der Waals surface area (Å²) in [6.45, 7) is 0.321. The Hall–Kier alpha value is -2.44. The molecule has 2 aromatic carbocycles. The van der Waals surface area contributed by atoms with Crippen molar-refractivity contribution >= 4 is 17.5 Å². The summed E-state index contributed by atoms with van der Waals surface area (Å²) < 4.78 is 15.5. The lowest BCUT2D eigenvalue weighted by Gasteiger charge is -2.14. The fourth-order valence-corrected chi connectivity index (χ4v) is 2.81.